The molecule has 0 fully saturated rings. The number of carbonyl (C=O) groups excluding carboxylic acids is 1. The minimum Gasteiger partial charge on any atom is -0.399 e. The van der Waals surface area contributed by atoms with Gasteiger partial charge in [-0.1, -0.05) is 18.2 Å². The number of hydrogen-bond donors (Lipinski definition) is 3. The van der Waals surface area contributed by atoms with Crippen LogP contribution in [0.3, 0.4) is 0 Å². The van der Waals surface area contributed by atoms with Crippen molar-refractivity contribution >= 4 is 24.0 Å². The van der Waals surface area contributed by atoms with Gasteiger partial charge in [-0.25, -0.2) is 0 Å². The van der Waals surface area contributed by atoms with Gasteiger partial charge in [0.15, 0.2) is 0 Å². The monoisotopic (exact) mass is 286 g/mol. The number of aliphatic hydroxyl groups excluding tert-OH is 1. The van der Waals surface area contributed by atoms with E-state index >= 15 is 0 Å². The maximum absolute atomic E-state index is 11.7. The second-order valence-electron chi connectivity index (χ2n) is 4.53. The molecule has 0 aromatic heterocycles. The number of nitrogens with one attached hydrogen (secondary N) is 1. The largest absolute Gasteiger partial charge is 0.399 e. The van der Waals surface area contributed by atoms with Crippen molar-refractivity contribution in [1.82, 2.24) is 5.32 Å². The summed E-state index contributed by atoms with van der Waals surface area (Å²) in [6.07, 6.45) is 2.62. The first-order chi connectivity index (χ1) is 8.63. The average Bonchev–Trinajstić information content (AvgIpc) is 2.35. The van der Waals surface area contributed by atoms with Crippen molar-refractivity contribution in [2.24, 2.45) is 0 Å². The summed E-state index contributed by atoms with van der Waals surface area (Å²) in [4.78, 5) is 11.7. The highest BCUT2D eigenvalue weighted by Crippen LogP contribution is 2.12. The van der Waals surface area contributed by atoms with Gasteiger partial charge in [-0.3, -0.25) is 4.79 Å². The van der Waals surface area contributed by atoms with E-state index in [0.29, 0.717) is 19.3 Å². The Balaban J connectivity index is 0.00000324. The molecule has 0 saturated carbocycles. The highest BCUT2D eigenvalue weighted by Gasteiger charge is 2.08. The molecule has 5 heteroatoms. The van der Waals surface area contributed by atoms with Gasteiger partial charge in [-0.2, -0.15) is 0 Å². The first kappa shape index (κ1) is 17.7. The SMILES string of the molecule is CC(CCCO)NC(=O)CCc1ccccc1N.Cl. The molecule has 1 unspecified atom stereocenters. The smallest absolute Gasteiger partial charge is 0.220 e. The van der Waals surface area contributed by atoms with Crippen LogP contribution in [0.5, 0.6) is 0 Å². The molecule has 4 N–H and O–H groups in total. The molecule has 1 aromatic rings. The van der Waals surface area contributed by atoms with E-state index in [1.54, 1.807) is 0 Å². The maximum atomic E-state index is 11.7. The van der Waals surface area contributed by atoms with E-state index < -0.39 is 0 Å². The highest BCUT2D eigenvalue weighted by atomic mass is 35.5. The highest BCUT2D eigenvalue weighted by molar-refractivity contribution is 5.85. The summed E-state index contributed by atoms with van der Waals surface area (Å²) in [6, 6.07) is 7.70. The minimum absolute atomic E-state index is 0. The van der Waals surface area contributed by atoms with Crippen molar-refractivity contribution in [2.45, 2.75) is 38.6 Å². The van der Waals surface area contributed by atoms with Gasteiger partial charge in [0.25, 0.3) is 0 Å². The minimum atomic E-state index is 0. The summed E-state index contributed by atoms with van der Waals surface area (Å²) in [7, 11) is 0. The van der Waals surface area contributed by atoms with Crippen LogP contribution in [0, 0.1) is 0 Å². The van der Waals surface area contributed by atoms with E-state index in [1.807, 2.05) is 31.2 Å². The molecule has 0 bridgehead atoms. The van der Waals surface area contributed by atoms with Crippen LogP contribution in [-0.2, 0) is 11.2 Å². The number of aliphatic hydroxyl groups is 1. The molecule has 1 aromatic carbocycles. The molecule has 0 heterocycles. The number of carbonyl (C=O) groups is 1. The van der Waals surface area contributed by atoms with Crippen LogP contribution in [0.25, 0.3) is 0 Å². The number of halogens is 1. The normalized spacial score (nSPS) is 11.5. The van der Waals surface area contributed by atoms with Crippen molar-refractivity contribution in [2.75, 3.05) is 12.3 Å². The zero-order valence-corrected chi connectivity index (χ0v) is 12.1. The van der Waals surface area contributed by atoms with E-state index in [2.05, 4.69) is 5.32 Å². The third-order valence-corrected chi connectivity index (χ3v) is 2.88. The van der Waals surface area contributed by atoms with Gasteiger partial charge < -0.3 is 16.2 Å². The molecular weight excluding hydrogens is 264 g/mol. The molecule has 0 saturated heterocycles. The Morgan fingerprint density at radius 3 is 2.74 bits per heavy atom. The predicted molar refractivity (Wildman–Crippen MR) is 80.3 cm³/mol. The fourth-order valence-electron chi connectivity index (χ4n) is 1.83. The maximum Gasteiger partial charge on any atom is 0.220 e. The molecule has 0 radical (unpaired) electrons. The number of nitrogen functional groups attached to an aromatic ring is 1. The Hall–Kier alpha value is -1.26. The van der Waals surface area contributed by atoms with Crippen molar-refractivity contribution < 1.29 is 9.90 Å². The van der Waals surface area contributed by atoms with E-state index in [0.717, 1.165) is 17.7 Å². The van der Waals surface area contributed by atoms with Crippen LogP contribution in [0.15, 0.2) is 24.3 Å². The number of rotatable bonds is 7. The molecule has 19 heavy (non-hydrogen) atoms. The van der Waals surface area contributed by atoms with Gasteiger partial charge in [0, 0.05) is 24.8 Å². The first-order valence-electron chi connectivity index (χ1n) is 6.37. The predicted octanol–water partition coefficient (Wildman–Crippen LogP) is 1.90. The molecule has 0 spiro atoms. The van der Waals surface area contributed by atoms with Crippen LogP contribution in [0.1, 0.15) is 31.7 Å². The second kappa shape index (κ2) is 9.64. The first-order valence-corrected chi connectivity index (χ1v) is 6.37. The Morgan fingerprint density at radius 2 is 2.11 bits per heavy atom. The van der Waals surface area contributed by atoms with E-state index in [1.165, 1.54) is 0 Å². The molecule has 108 valence electrons. The summed E-state index contributed by atoms with van der Waals surface area (Å²) < 4.78 is 0. The van der Waals surface area contributed by atoms with Gasteiger partial charge in [-0.05, 0) is 37.8 Å². The van der Waals surface area contributed by atoms with Crippen LogP contribution >= 0.6 is 12.4 Å². The van der Waals surface area contributed by atoms with Crippen LogP contribution < -0.4 is 11.1 Å². The Kier molecular flexibility index (Phi) is 9.00. The third-order valence-electron chi connectivity index (χ3n) is 2.88. The molecule has 0 aliphatic carbocycles. The lowest BCUT2D eigenvalue weighted by Gasteiger charge is -2.13. The molecule has 4 nitrogen and oxygen atoms in total. The summed E-state index contributed by atoms with van der Waals surface area (Å²) in [5.74, 6) is 0.0312. The Morgan fingerprint density at radius 1 is 1.42 bits per heavy atom. The molecule has 1 atom stereocenters. The van der Waals surface area contributed by atoms with Crippen molar-refractivity contribution in [3.63, 3.8) is 0 Å². The lowest BCUT2D eigenvalue weighted by atomic mass is 10.1. The Labute approximate surface area is 120 Å². The van der Waals surface area contributed by atoms with Gasteiger partial charge in [0.05, 0.1) is 0 Å². The van der Waals surface area contributed by atoms with E-state index in [4.69, 9.17) is 10.8 Å². The number of amides is 1. The van der Waals surface area contributed by atoms with E-state index in [-0.39, 0.29) is 31.0 Å². The number of para-hydroxylation sites is 1. The van der Waals surface area contributed by atoms with Crippen LogP contribution in [0.4, 0.5) is 5.69 Å². The number of nitrogens with two attached hydrogens (primary N) is 1. The third kappa shape index (κ3) is 7.03. The van der Waals surface area contributed by atoms with E-state index in [9.17, 15) is 4.79 Å². The fraction of sp³-hybridized carbons (Fsp3) is 0.500. The summed E-state index contributed by atoms with van der Waals surface area (Å²) in [5, 5.41) is 11.6. The standard InChI is InChI=1S/C14H22N2O2.ClH/c1-11(5-4-10-17)16-14(18)9-8-12-6-2-3-7-13(12)15;/h2-3,6-7,11,17H,4-5,8-10,15H2,1H3,(H,16,18);1H. The quantitative estimate of drug-likeness (QED) is 0.670. The topological polar surface area (TPSA) is 75.3 Å². The number of anilines is 1. The van der Waals surface area contributed by atoms with Gasteiger partial charge in [0.2, 0.25) is 5.91 Å². The van der Waals surface area contributed by atoms with Gasteiger partial charge in [0.1, 0.15) is 0 Å². The number of hydrogen-bond acceptors (Lipinski definition) is 3. The van der Waals surface area contributed by atoms with Crippen LogP contribution in [-0.4, -0.2) is 23.7 Å². The molecule has 0 aliphatic heterocycles. The van der Waals surface area contributed by atoms with Gasteiger partial charge in [-0.15, -0.1) is 12.4 Å². The summed E-state index contributed by atoms with van der Waals surface area (Å²) >= 11 is 0. The zero-order valence-electron chi connectivity index (χ0n) is 11.3. The molecule has 0 aliphatic rings. The lowest BCUT2D eigenvalue weighted by molar-refractivity contribution is -0.121. The van der Waals surface area contributed by atoms with Crippen molar-refractivity contribution in [1.29, 1.82) is 0 Å². The number of aryl methyl sites for hydroxylation is 1. The molecule has 1 amide bonds. The summed E-state index contributed by atoms with van der Waals surface area (Å²) in [6.45, 7) is 2.12. The van der Waals surface area contributed by atoms with Crippen molar-refractivity contribution in [3.05, 3.63) is 29.8 Å². The summed E-state index contributed by atoms with van der Waals surface area (Å²) in [5.41, 5.74) is 7.56. The molecule has 1 rings (SSSR count). The number of benzene rings is 1. The molecular formula is C14H23ClN2O2. The lowest BCUT2D eigenvalue weighted by Crippen LogP contribution is -2.32. The average molecular weight is 287 g/mol. The van der Waals surface area contributed by atoms with Crippen LogP contribution in [0.2, 0.25) is 0 Å². The fourth-order valence-corrected chi connectivity index (χ4v) is 1.83. The Bertz CT molecular complexity index is 385. The second-order valence-corrected chi connectivity index (χ2v) is 4.53. The van der Waals surface area contributed by atoms with Gasteiger partial charge >= 0.3 is 0 Å². The van der Waals surface area contributed by atoms with Crippen molar-refractivity contribution in [3.8, 4) is 0 Å². The zero-order chi connectivity index (χ0) is 13.4.